The smallest absolute Gasteiger partial charge is 0.179 e. The SMILES string of the molecule is C=CN1CCN(/C=C/C)C1=S. The van der Waals surface area contributed by atoms with Gasteiger partial charge in [-0.15, -0.1) is 0 Å². The molecular weight excluding hydrogens is 156 g/mol. The Bertz CT molecular complexity index is 198. The van der Waals surface area contributed by atoms with Gasteiger partial charge < -0.3 is 9.80 Å². The van der Waals surface area contributed by atoms with Crippen LogP contribution in [0.4, 0.5) is 0 Å². The Morgan fingerprint density at radius 2 is 2.09 bits per heavy atom. The molecule has 0 amide bonds. The second-order valence-corrected chi connectivity index (χ2v) is 2.70. The highest BCUT2D eigenvalue weighted by atomic mass is 32.1. The molecule has 0 aliphatic carbocycles. The van der Waals surface area contributed by atoms with E-state index in [2.05, 4.69) is 6.58 Å². The maximum Gasteiger partial charge on any atom is 0.179 e. The summed E-state index contributed by atoms with van der Waals surface area (Å²) in [6.45, 7) is 7.58. The minimum absolute atomic E-state index is 0.845. The van der Waals surface area contributed by atoms with Crippen molar-refractivity contribution in [3.8, 4) is 0 Å². The molecule has 60 valence electrons. The van der Waals surface area contributed by atoms with Crippen LogP contribution >= 0.6 is 12.2 Å². The maximum atomic E-state index is 5.16. The van der Waals surface area contributed by atoms with Crippen LogP contribution in [0.3, 0.4) is 0 Å². The van der Waals surface area contributed by atoms with Gasteiger partial charge in [0.2, 0.25) is 0 Å². The largest absolute Gasteiger partial charge is 0.324 e. The summed E-state index contributed by atoms with van der Waals surface area (Å²) < 4.78 is 0. The molecule has 0 unspecified atom stereocenters. The van der Waals surface area contributed by atoms with Crippen LogP contribution in [0.5, 0.6) is 0 Å². The van der Waals surface area contributed by atoms with Gasteiger partial charge >= 0.3 is 0 Å². The first-order valence-corrected chi connectivity index (χ1v) is 4.03. The Balaban J connectivity index is 2.62. The molecule has 0 aromatic carbocycles. The minimum atomic E-state index is 0.845. The second kappa shape index (κ2) is 3.53. The lowest BCUT2D eigenvalue weighted by molar-refractivity contribution is 0.603. The first-order chi connectivity index (χ1) is 5.29. The Labute approximate surface area is 72.8 Å². The van der Waals surface area contributed by atoms with Gasteiger partial charge in [0.15, 0.2) is 5.11 Å². The van der Waals surface area contributed by atoms with Gasteiger partial charge in [-0.3, -0.25) is 0 Å². The van der Waals surface area contributed by atoms with Crippen molar-refractivity contribution >= 4 is 17.3 Å². The Morgan fingerprint density at radius 3 is 2.55 bits per heavy atom. The van der Waals surface area contributed by atoms with E-state index >= 15 is 0 Å². The van der Waals surface area contributed by atoms with E-state index in [4.69, 9.17) is 12.2 Å². The van der Waals surface area contributed by atoms with Crippen molar-refractivity contribution in [3.63, 3.8) is 0 Å². The first-order valence-electron chi connectivity index (χ1n) is 3.62. The highest BCUT2D eigenvalue weighted by Crippen LogP contribution is 2.08. The topological polar surface area (TPSA) is 6.48 Å². The molecule has 1 rings (SSSR count). The number of rotatable bonds is 2. The van der Waals surface area contributed by atoms with Gasteiger partial charge in [-0.2, -0.15) is 0 Å². The van der Waals surface area contributed by atoms with Crippen LogP contribution in [-0.4, -0.2) is 28.0 Å². The number of thiocarbonyl (C=S) groups is 1. The number of hydrogen-bond donors (Lipinski definition) is 0. The van der Waals surface area contributed by atoms with E-state index in [1.807, 2.05) is 29.0 Å². The maximum absolute atomic E-state index is 5.16. The van der Waals surface area contributed by atoms with E-state index in [1.54, 1.807) is 6.20 Å². The van der Waals surface area contributed by atoms with Crippen LogP contribution in [0, 0.1) is 0 Å². The standard InChI is InChI=1S/C8H12N2S/c1-3-5-10-7-6-9(4-2)8(10)11/h3-5H,2,6-7H2,1H3/b5-3+. The predicted octanol–water partition coefficient (Wildman–Crippen LogP) is 1.57. The molecule has 1 heterocycles. The summed E-state index contributed by atoms with van der Waals surface area (Å²) in [4.78, 5) is 4.01. The molecule has 0 N–H and O–H groups in total. The molecule has 0 bridgehead atoms. The molecule has 11 heavy (non-hydrogen) atoms. The van der Waals surface area contributed by atoms with Gasteiger partial charge in [-0.1, -0.05) is 12.7 Å². The van der Waals surface area contributed by atoms with Crippen molar-refractivity contribution in [3.05, 3.63) is 25.1 Å². The lowest BCUT2D eigenvalue weighted by atomic mass is 10.6. The third-order valence-corrected chi connectivity index (χ3v) is 2.09. The summed E-state index contributed by atoms with van der Waals surface area (Å²) in [5.41, 5.74) is 0. The highest BCUT2D eigenvalue weighted by molar-refractivity contribution is 7.80. The number of nitrogens with zero attached hydrogens (tertiary/aromatic N) is 2. The van der Waals surface area contributed by atoms with Crippen LogP contribution in [0.1, 0.15) is 6.92 Å². The fourth-order valence-corrected chi connectivity index (χ4v) is 1.38. The minimum Gasteiger partial charge on any atom is -0.324 e. The van der Waals surface area contributed by atoms with E-state index in [1.165, 1.54) is 0 Å². The molecule has 1 aliphatic rings. The second-order valence-electron chi connectivity index (χ2n) is 2.33. The lowest BCUT2D eigenvalue weighted by Gasteiger charge is -2.14. The van der Waals surface area contributed by atoms with Gasteiger partial charge in [0.1, 0.15) is 0 Å². The Morgan fingerprint density at radius 1 is 1.45 bits per heavy atom. The van der Waals surface area contributed by atoms with Gasteiger partial charge in [0, 0.05) is 19.3 Å². The van der Waals surface area contributed by atoms with Crippen LogP contribution in [0.15, 0.2) is 25.1 Å². The van der Waals surface area contributed by atoms with Crippen molar-refractivity contribution in [2.75, 3.05) is 13.1 Å². The molecule has 0 radical (unpaired) electrons. The fourth-order valence-electron chi connectivity index (χ4n) is 1.06. The van der Waals surface area contributed by atoms with E-state index in [0.29, 0.717) is 0 Å². The molecular formula is C8H12N2S. The first kappa shape index (κ1) is 8.27. The average Bonchev–Trinajstić information content (AvgIpc) is 2.34. The third-order valence-electron chi connectivity index (χ3n) is 1.62. The Hall–Kier alpha value is -0.830. The van der Waals surface area contributed by atoms with Crippen molar-refractivity contribution in [2.24, 2.45) is 0 Å². The summed E-state index contributed by atoms with van der Waals surface area (Å²) in [6.07, 6.45) is 5.75. The predicted molar refractivity (Wildman–Crippen MR) is 51.0 cm³/mol. The molecule has 3 heteroatoms. The normalized spacial score (nSPS) is 18.5. The quantitative estimate of drug-likeness (QED) is 0.578. The zero-order chi connectivity index (χ0) is 8.27. The fraction of sp³-hybridized carbons (Fsp3) is 0.375. The molecule has 1 saturated heterocycles. The molecule has 1 aliphatic heterocycles. The Kier molecular flexibility index (Phi) is 2.65. The molecule has 0 aromatic rings. The zero-order valence-electron chi connectivity index (χ0n) is 6.66. The molecule has 1 fully saturated rings. The summed E-state index contributed by atoms with van der Waals surface area (Å²) >= 11 is 5.16. The summed E-state index contributed by atoms with van der Waals surface area (Å²) in [6, 6.07) is 0. The summed E-state index contributed by atoms with van der Waals surface area (Å²) in [5.74, 6) is 0. The molecule has 0 atom stereocenters. The van der Waals surface area contributed by atoms with Crippen LogP contribution in [0.25, 0.3) is 0 Å². The van der Waals surface area contributed by atoms with Crippen LogP contribution in [0.2, 0.25) is 0 Å². The van der Waals surface area contributed by atoms with E-state index in [0.717, 1.165) is 18.2 Å². The summed E-state index contributed by atoms with van der Waals surface area (Å²) in [5, 5.41) is 0.845. The van der Waals surface area contributed by atoms with Crippen LogP contribution in [-0.2, 0) is 0 Å². The summed E-state index contributed by atoms with van der Waals surface area (Å²) in [7, 11) is 0. The monoisotopic (exact) mass is 168 g/mol. The molecule has 0 aromatic heterocycles. The van der Waals surface area contributed by atoms with Crippen molar-refractivity contribution in [1.82, 2.24) is 9.80 Å². The third kappa shape index (κ3) is 1.60. The molecule has 2 nitrogen and oxygen atoms in total. The molecule has 0 saturated carbocycles. The van der Waals surface area contributed by atoms with Crippen molar-refractivity contribution in [1.29, 1.82) is 0 Å². The van der Waals surface area contributed by atoms with Gasteiger partial charge in [-0.25, -0.2) is 0 Å². The van der Waals surface area contributed by atoms with Crippen LogP contribution < -0.4 is 0 Å². The zero-order valence-corrected chi connectivity index (χ0v) is 7.47. The highest BCUT2D eigenvalue weighted by Gasteiger charge is 2.19. The molecule has 0 spiro atoms. The van der Waals surface area contributed by atoms with E-state index < -0.39 is 0 Å². The van der Waals surface area contributed by atoms with Gasteiger partial charge in [0.05, 0.1) is 0 Å². The van der Waals surface area contributed by atoms with Gasteiger partial charge in [-0.05, 0) is 25.3 Å². The average molecular weight is 168 g/mol. The van der Waals surface area contributed by atoms with Gasteiger partial charge in [0.25, 0.3) is 0 Å². The lowest BCUT2D eigenvalue weighted by Crippen LogP contribution is -2.23. The number of allylic oxidation sites excluding steroid dienone is 1. The van der Waals surface area contributed by atoms with E-state index in [-0.39, 0.29) is 0 Å². The number of hydrogen-bond acceptors (Lipinski definition) is 1. The van der Waals surface area contributed by atoms with E-state index in [9.17, 15) is 0 Å². The van der Waals surface area contributed by atoms with Crippen molar-refractivity contribution < 1.29 is 0 Å². The van der Waals surface area contributed by atoms with Crippen molar-refractivity contribution in [2.45, 2.75) is 6.92 Å².